The van der Waals surface area contributed by atoms with E-state index in [0.717, 1.165) is 4.47 Å². The topological polar surface area (TPSA) is 29.1 Å². The molecule has 0 bridgehead atoms. The molecule has 1 rings (SSSR count). The number of nitrogens with one attached hydrogen (secondary N) is 1. The smallest absolute Gasteiger partial charge is 0.251 e. The van der Waals surface area contributed by atoms with Crippen LogP contribution in [0.25, 0.3) is 0 Å². The van der Waals surface area contributed by atoms with Crippen molar-refractivity contribution >= 4 is 21.8 Å². The summed E-state index contributed by atoms with van der Waals surface area (Å²) in [6.07, 6.45) is 0. The van der Waals surface area contributed by atoms with Crippen molar-refractivity contribution in [1.82, 2.24) is 5.32 Å². The van der Waals surface area contributed by atoms with Crippen LogP contribution >= 0.6 is 15.9 Å². The summed E-state index contributed by atoms with van der Waals surface area (Å²) >= 11 is 3.33. The lowest BCUT2D eigenvalue weighted by atomic mass is 9.97. The van der Waals surface area contributed by atoms with E-state index in [0.29, 0.717) is 12.1 Å². The van der Waals surface area contributed by atoms with Gasteiger partial charge in [0.25, 0.3) is 5.91 Å². The van der Waals surface area contributed by atoms with Crippen molar-refractivity contribution in [2.45, 2.75) is 20.8 Å². The Kier molecular flexibility index (Phi) is 3.91. The van der Waals surface area contributed by atoms with E-state index in [2.05, 4.69) is 42.0 Å². The molecule has 0 spiro atoms. The Morgan fingerprint density at radius 1 is 1.27 bits per heavy atom. The molecule has 0 aromatic heterocycles. The number of amides is 1. The summed E-state index contributed by atoms with van der Waals surface area (Å²) in [4.78, 5) is 11.7. The van der Waals surface area contributed by atoms with Crippen LogP contribution in [0.5, 0.6) is 0 Å². The molecule has 1 amide bonds. The van der Waals surface area contributed by atoms with Crippen molar-refractivity contribution in [3.05, 3.63) is 34.3 Å². The van der Waals surface area contributed by atoms with Gasteiger partial charge in [-0.15, -0.1) is 0 Å². The Balaban J connectivity index is 2.58. The second-order valence-corrected chi connectivity index (χ2v) is 5.67. The van der Waals surface area contributed by atoms with Crippen molar-refractivity contribution in [3.8, 4) is 0 Å². The molecule has 0 aliphatic carbocycles. The summed E-state index contributed by atoms with van der Waals surface area (Å²) in [6, 6.07) is 7.35. The van der Waals surface area contributed by atoms with Gasteiger partial charge in [-0.05, 0) is 29.7 Å². The third kappa shape index (κ3) is 4.47. The SMILES string of the molecule is CC(C)(C)CNC(=O)c1ccc(Br)cc1. The van der Waals surface area contributed by atoms with Gasteiger partial charge in [0, 0.05) is 16.6 Å². The van der Waals surface area contributed by atoms with Gasteiger partial charge >= 0.3 is 0 Å². The van der Waals surface area contributed by atoms with Crippen LogP contribution in [0.15, 0.2) is 28.7 Å². The highest BCUT2D eigenvalue weighted by molar-refractivity contribution is 9.10. The normalized spacial score (nSPS) is 11.2. The first kappa shape index (κ1) is 12.2. The zero-order chi connectivity index (χ0) is 11.5. The molecule has 0 radical (unpaired) electrons. The second-order valence-electron chi connectivity index (χ2n) is 4.75. The molecule has 0 aliphatic heterocycles. The monoisotopic (exact) mass is 269 g/mol. The van der Waals surface area contributed by atoms with Gasteiger partial charge in [0.2, 0.25) is 0 Å². The average molecular weight is 270 g/mol. The van der Waals surface area contributed by atoms with E-state index in [1.54, 1.807) is 0 Å². The molecule has 0 fully saturated rings. The lowest BCUT2D eigenvalue weighted by Crippen LogP contribution is -2.32. The molecule has 0 saturated carbocycles. The molecule has 2 nitrogen and oxygen atoms in total. The van der Waals surface area contributed by atoms with Gasteiger partial charge in [-0.2, -0.15) is 0 Å². The zero-order valence-electron chi connectivity index (χ0n) is 9.30. The number of hydrogen-bond acceptors (Lipinski definition) is 1. The fraction of sp³-hybridized carbons (Fsp3) is 0.417. The molecule has 0 aliphatic rings. The van der Waals surface area contributed by atoms with Crippen LogP contribution in [0.2, 0.25) is 0 Å². The minimum absolute atomic E-state index is 0.0163. The van der Waals surface area contributed by atoms with Gasteiger partial charge in [-0.3, -0.25) is 4.79 Å². The molecule has 1 N–H and O–H groups in total. The quantitative estimate of drug-likeness (QED) is 0.878. The number of carbonyl (C=O) groups excluding carboxylic acids is 1. The predicted molar refractivity (Wildman–Crippen MR) is 65.9 cm³/mol. The van der Waals surface area contributed by atoms with Crippen LogP contribution < -0.4 is 5.32 Å². The number of benzene rings is 1. The van der Waals surface area contributed by atoms with Gasteiger partial charge in [-0.1, -0.05) is 36.7 Å². The Morgan fingerprint density at radius 3 is 2.27 bits per heavy atom. The maximum absolute atomic E-state index is 11.7. The first-order valence-corrected chi connectivity index (χ1v) is 5.71. The summed E-state index contributed by atoms with van der Waals surface area (Å²) in [5, 5.41) is 2.90. The van der Waals surface area contributed by atoms with Crippen molar-refractivity contribution in [3.63, 3.8) is 0 Å². The molecule has 1 aromatic rings. The predicted octanol–water partition coefficient (Wildman–Crippen LogP) is 3.23. The zero-order valence-corrected chi connectivity index (χ0v) is 10.9. The van der Waals surface area contributed by atoms with Crippen LogP contribution in [0.3, 0.4) is 0 Å². The highest BCUT2D eigenvalue weighted by Crippen LogP contribution is 2.12. The summed E-state index contributed by atoms with van der Waals surface area (Å²) in [6.45, 7) is 6.96. The summed E-state index contributed by atoms with van der Waals surface area (Å²) < 4.78 is 0.981. The third-order valence-electron chi connectivity index (χ3n) is 1.89. The minimum atomic E-state index is -0.0163. The molecule has 15 heavy (non-hydrogen) atoms. The molecule has 0 heterocycles. The molecule has 3 heteroatoms. The fourth-order valence-electron chi connectivity index (χ4n) is 1.05. The van der Waals surface area contributed by atoms with Crippen LogP contribution in [0.1, 0.15) is 31.1 Å². The van der Waals surface area contributed by atoms with Gasteiger partial charge in [-0.25, -0.2) is 0 Å². The first-order valence-electron chi connectivity index (χ1n) is 4.92. The number of halogens is 1. The number of carbonyl (C=O) groups is 1. The first-order chi connectivity index (χ1) is 6.88. The van der Waals surface area contributed by atoms with E-state index < -0.39 is 0 Å². The Labute approximate surface area is 99.2 Å². The maximum Gasteiger partial charge on any atom is 0.251 e. The number of rotatable bonds is 2. The molecule has 0 atom stereocenters. The van der Waals surface area contributed by atoms with Gasteiger partial charge in [0.05, 0.1) is 0 Å². The Morgan fingerprint density at radius 2 is 1.80 bits per heavy atom. The third-order valence-corrected chi connectivity index (χ3v) is 2.41. The van der Waals surface area contributed by atoms with Crippen molar-refractivity contribution in [2.75, 3.05) is 6.54 Å². The summed E-state index contributed by atoms with van der Waals surface area (Å²) in [5.41, 5.74) is 0.813. The molecule has 0 saturated heterocycles. The maximum atomic E-state index is 11.7. The summed E-state index contributed by atoms with van der Waals surface area (Å²) in [5.74, 6) is -0.0163. The molecule has 82 valence electrons. The standard InChI is InChI=1S/C12H16BrNO/c1-12(2,3)8-14-11(15)9-4-6-10(13)7-5-9/h4-7H,8H2,1-3H3,(H,14,15). The molecular weight excluding hydrogens is 254 g/mol. The lowest BCUT2D eigenvalue weighted by Gasteiger charge is -2.18. The van der Waals surface area contributed by atoms with E-state index in [1.165, 1.54) is 0 Å². The van der Waals surface area contributed by atoms with Crippen LogP contribution in [-0.4, -0.2) is 12.5 Å². The van der Waals surface area contributed by atoms with E-state index in [4.69, 9.17) is 0 Å². The van der Waals surface area contributed by atoms with Crippen LogP contribution in [0.4, 0.5) is 0 Å². The van der Waals surface area contributed by atoms with Crippen molar-refractivity contribution < 1.29 is 4.79 Å². The van der Waals surface area contributed by atoms with E-state index >= 15 is 0 Å². The van der Waals surface area contributed by atoms with Gasteiger partial charge in [0.15, 0.2) is 0 Å². The van der Waals surface area contributed by atoms with E-state index in [9.17, 15) is 4.79 Å². The fourth-order valence-corrected chi connectivity index (χ4v) is 1.31. The van der Waals surface area contributed by atoms with Crippen molar-refractivity contribution in [2.24, 2.45) is 5.41 Å². The molecule has 1 aromatic carbocycles. The van der Waals surface area contributed by atoms with E-state index in [-0.39, 0.29) is 11.3 Å². The molecule has 0 unspecified atom stereocenters. The lowest BCUT2D eigenvalue weighted by molar-refractivity contribution is 0.0939. The minimum Gasteiger partial charge on any atom is -0.352 e. The summed E-state index contributed by atoms with van der Waals surface area (Å²) in [7, 11) is 0. The average Bonchev–Trinajstić information content (AvgIpc) is 2.14. The number of hydrogen-bond donors (Lipinski definition) is 1. The van der Waals surface area contributed by atoms with Crippen LogP contribution in [0, 0.1) is 5.41 Å². The Bertz CT molecular complexity index is 338. The highest BCUT2D eigenvalue weighted by Gasteiger charge is 2.12. The molecular formula is C12H16BrNO. The van der Waals surface area contributed by atoms with Crippen molar-refractivity contribution in [1.29, 1.82) is 0 Å². The van der Waals surface area contributed by atoms with Gasteiger partial charge in [0.1, 0.15) is 0 Å². The van der Waals surface area contributed by atoms with Crippen LogP contribution in [-0.2, 0) is 0 Å². The van der Waals surface area contributed by atoms with Gasteiger partial charge < -0.3 is 5.32 Å². The second kappa shape index (κ2) is 4.79. The Hall–Kier alpha value is -0.830. The largest absolute Gasteiger partial charge is 0.352 e. The van der Waals surface area contributed by atoms with E-state index in [1.807, 2.05) is 24.3 Å². The highest BCUT2D eigenvalue weighted by atomic mass is 79.9.